The first kappa shape index (κ1) is 25.7. The van der Waals surface area contributed by atoms with Crippen molar-refractivity contribution in [2.75, 3.05) is 37.7 Å². The molecule has 3 aromatic heterocycles. The number of imidazole rings is 1. The van der Waals surface area contributed by atoms with Crippen LogP contribution < -0.4 is 9.64 Å². The second-order valence-corrected chi connectivity index (χ2v) is 9.85. The van der Waals surface area contributed by atoms with Gasteiger partial charge in [-0.3, -0.25) is 14.9 Å². The number of hydrogen-bond acceptors (Lipinski definition) is 10. The molecule has 2 saturated heterocycles. The van der Waals surface area contributed by atoms with Crippen LogP contribution in [0.1, 0.15) is 33.9 Å². The summed E-state index contributed by atoms with van der Waals surface area (Å²) in [6.07, 6.45) is 5.95. The van der Waals surface area contributed by atoms with Gasteiger partial charge in [-0.1, -0.05) is 0 Å². The van der Waals surface area contributed by atoms with Gasteiger partial charge in [0.1, 0.15) is 18.5 Å². The third kappa shape index (κ3) is 5.56. The van der Waals surface area contributed by atoms with Crippen molar-refractivity contribution in [3.8, 4) is 11.9 Å². The Kier molecular flexibility index (Phi) is 7.22. The molecule has 0 bridgehead atoms. The highest BCUT2D eigenvalue weighted by Crippen LogP contribution is 2.24. The Labute approximate surface area is 230 Å². The van der Waals surface area contributed by atoms with Crippen LogP contribution in [0.25, 0.3) is 11.0 Å². The van der Waals surface area contributed by atoms with Crippen molar-refractivity contribution in [2.24, 2.45) is 0 Å². The van der Waals surface area contributed by atoms with Crippen LogP contribution in [0.4, 0.5) is 5.82 Å². The van der Waals surface area contributed by atoms with Gasteiger partial charge in [-0.2, -0.15) is 10.2 Å². The number of nitrogens with zero attached hydrogens (tertiary/aromatic N) is 8. The SMILES string of the molecule is N#Cc1ccc(COc2cncc(N3CCN(Cc4nc5ccc(C(=O)O)cc5n4C[C@@H]4CCO4)CC3)n2)nc1. The summed E-state index contributed by atoms with van der Waals surface area (Å²) in [5.41, 5.74) is 3.08. The van der Waals surface area contributed by atoms with Gasteiger partial charge in [0.15, 0.2) is 5.82 Å². The number of carboxylic acid groups (broad SMARTS) is 1. The van der Waals surface area contributed by atoms with E-state index in [2.05, 4.69) is 35.4 Å². The number of anilines is 1. The van der Waals surface area contributed by atoms with Crippen molar-refractivity contribution in [2.45, 2.75) is 32.2 Å². The Morgan fingerprint density at radius 1 is 1.12 bits per heavy atom. The molecule has 204 valence electrons. The van der Waals surface area contributed by atoms with Crippen molar-refractivity contribution in [1.82, 2.24) is 29.4 Å². The van der Waals surface area contributed by atoms with Crippen molar-refractivity contribution in [1.29, 1.82) is 5.26 Å². The van der Waals surface area contributed by atoms with E-state index in [4.69, 9.17) is 19.7 Å². The summed E-state index contributed by atoms with van der Waals surface area (Å²) < 4.78 is 13.6. The molecule has 0 spiro atoms. The van der Waals surface area contributed by atoms with Gasteiger partial charge in [-0.25, -0.2) is 9.78 Å². The van der Waals surface area contributed by atoms with E-state index < -0.39 is 5.97 Å². The van der Waals surface area contributed by atoms with E-state index in [9.17, 15) is 9.90 Å². The molecule has 0 amide bonds. The van der Waals surface area contributed by atoms with Crippen LogP contribution in [0.2, 0.25) is 0 Å². The minimum absolute atomic E-state index is 0.127. The summed E-state index contributed by atoms with van der Waals surface area (Å²) in [4.78, 5) is 34.1. The van der Waals surface area contributed by atoms with Gasteiger partial charge in [0.25, 0.3) is 0 Å². The lowest BCUT2D eigenvalue weighted by Gasteiger charge is -2.35. The number of piperazine rings is 1. The largest absolute Gasteiger partial charge is 0.478 e. The molecule has 4 aromatic rings. The van der Waals surface area contributed by atoms with Crippen LogP contribution in [-0.2, 0) is 24.4 Å². The third-order valence-electron chi connectivity index (χ3n) is 7.24. The normalized spacial score (nSPS) is 17.4. The summed E-state index contributed by atoms with van der Waals surface area (Å²) in [7, 11) is 0. The van der Waals surface area contributed by atoms with Crippen molar-refractivity contribution in [3.63, 3.8) is 0 Å². The van der Waals surface area contributed by atoms with Crippen LogP contribution in [0.5, 0.6) is 5.88 Å². The predicted octanol–water partition coefficient (Wildman–Crippen LogP) is 2.48. The molecule has 1 aromatic carbocycles. The molecule has 40 heavy (non-hydrogen) atoms. The fourth-order valence-electron chi connectivity index (χ4n) is 4.88. The Morgan fingerprint density at radius 2 is 1.98 bits per heavy atom. The highest BCUT2D eigenvalue weighted by Gasteiger charge is 2.25. The first-order valence-corrected chi connectivity index (χ1v) is 13.2. The summed E-state index contributed by atoms with van der Waals surface area (Å²) in [6.45, 7) is 5.47. The Bertz CT molecular complexity index is 1550. The number of rotatable bonds is 9. The number of aromatic nitrogens is 5. The topological polar surface area (TPSA) is 143 Å². The zero-order chi connectivity index (χ0) is 27.5. The molecular formula is C28H28N8O4. The smallest absolute Gasteiger partial charge is 0.335 e. The zero-order valence-corrected chi connectivity index (χ0v) is 21.8. The quantitative estimate of drug-likeness (QED) is 0.334. The van der Waals surface area contributed by atoms with Gasteiger partial charge in [-0.15, -0.1) is 0 Å². The number of benzene rings is 1. The molecule has 0 aliphatic carbocycles. The predicted molar refractivity (Wildman–Crippen MR) is 144 cm³/mol. The Balaban J connectivity index is 1.10. The lowest BCUT2D eigenvalue weighted by molar-refractivity contribution is -0.0592. The molecule has 2 aliphatic rings. The van der Waals surface area contributed by atoms with Crippen molar-refractivity contribution >= 4 is 22.8 Å². The van der Waals surface area contributed by atoms with E-state index in [0.29, 0.717) is 30.2 Å². The molecule has 5 heterocycles. The van der Waals surface area contributed by atoms with Crippen LogP contribution in [0.3, 0.4) is 0 Å². The van der Waals surface area contributed by atoms with Gasteiger partial charge < -0.3 is 24.0 Å². The van der Waals surface area contributed by atoms with Crippen LogP contribution in [-0.4, -0.2) is 79.4 Å². The van der Waals surface area contributed by atoms with E-state index in [1.807, 2.05) is 0 Å². The maximum Gasteiger partial charge on any atom is 0.335 e. The van der Waals surface area contributed by atoms with Gasteiger partial charge >= 0.3 is 5.97 Å². The van der Waals surface area contributed by atoms with E-state index >= 15 is 0 Å². The van der Waals surface area contributed by atoms with Gasteiger partial charge in [-0.05, 0) is 36.8 Å². The Hall–Kier alpha value is -4.60. The molecule has 1 N–H and O–H groups in total. The van der Waals surface area contributed by atoms with E-state index in [1.165, 1.54) is 6.20 Å². The molecule has 6 rings (SSSR count). The molecule has 2 fully saturated rings. The maximum absolute atomic E-state index is 11.6. The molecule has 0 unspecified atom stereocenters. The van der Waals surface area contributed by atoms with Crippen molar-refractivity contribution in [3.05, 3.63) is 71.6 Å². The monoisotopic (exact) mass is 540 g/mol. The van der Waals surface area contributed by atoms with E-state index in [0.717, 1.165) is 61.9 Å². The number of hydrogen-bond donors (Lipinski definition) is 1. The number of ether oxygens (including phenoxy) is 2. The summed E-state index contributed by atoms with van der Waals surface area (Å²) >= 11 is 0. The number of nitriles is 1. The fourth-order valence-corrected chi connectivity index (χ4v) is 4.88. The molecule has 1 atom stereocenters. The summed E-state index contributed by atoms with van der Waals surface area (Å²) in [5, 5.41) is 18.4. The third-order valence-corrected chi connectivity index (χ3v) is 7.24. The average molecular weight is 541 g/mol. The van der Waals surface area contributed by atoms with Crippen LogP contribution in [0, 0.1) is 11.3 Å². The fraction of sp³-hybridized carbons (Fsp3) is 0.357. The summed E-state index contributed by atoms with van der Waals surface area (Å²) in [5.74, 6) is 1.13. The van der Waals surface area contributed by atoms with Gasteiger partial charge in [0, 0.05) is 39.0 Å². The lowest BCUT2D eigenvalue weighted by Crippen LogP contribution is -2.46. The zero-order valence-electron chi connectivity index (χ0n) is 21.8. The first-order valence-electron chi connectivity index (χ1n) is 13.2. The second-order valence-electron chi connectivity index (χ2n) is 9.85. The van der Waals surface area contributed by atoms with E-state index in [-0.39, 0.29) is 18.3 Å². The van der Waals surface area contributed by atoms with E-state index in [1.54, 1.807) is 42.7 Å². The number of carbonyl (C=O) groups is 1. The Morgan fingerprint density at radius 3 is 2.67 bits per heavy atom. The standard InChI is InChI=1S/C28H28N8O4/c29-12-19-1-3-21(31-13-19)18-40-27-15-30-14-25(33-27)35-8-6-34(7-9-35)17-26-32-23-4-2-20(28(37)38)11-24(23)36(26)16-22-5-10-39-22/h1-4,11,13-15,22H,5-10,16-18H2,(H,37,38)/t22-/m0/s1. The molecule has 2 aliphatic heterocycles. The number of pyridine rings is 1. The number of aromatic carboxylic acids is 1. The molecule has 0 radical (unpaired) electrons. The minimum atomic E-state index is -0.948. The molecule has 0 saturated carbocycles. The highest BCUT2D eigenvalue weighted by molar-refractivity contribution is 5.92. The first-order chi connectivity index (χ1) is 19.6. The average Bonchev–Trinajstić information content (AvgIpc) is 3.30. The molecular weight excluding hydrogens is 512 g/mol. The second kappa shape index (κ2) is 11.3. The summed E-state index contributed by atoms with van der Waals surface area (Å²) in [6, 6.07) is 10.6. The van der Waals surface area contributed by atoms with Crippen LogP contribution >= 0.6 is 0 Å². The molecule has 12 nitrogen and oxygen atoms in total. The van der Waals surface area contributed by atoms with Gasteiger partial charge in [0.05, 0.1) is 59.4 Å². The maximum atomic E-state index is 11.6. The van der Waals surface area contributed by atoms with Crippen molar-refractivity contribution < 1.29 is 19.4 Å². The van der Waals surface area contributed by atoms with Gasteiger partial charge in [0.2, 0.25) is 5.88 Å². The lowest BCUT2D eigenvalue weighted by atomic mass is 10.1. The number of carboxylic acids is 1. The minimum Gasteiger partial charge on any atom is -0.478 e. The highest BCUT2D eigenvalue weighted by atomic mass is 16.5. The number of fused-ring (bicyclic) bond motifs is 1. The molecule has 12 heteroatoms. The van der Waals surface area contributed by atoms with Crippen LogP contribution in [0.15, 0.2) is 48.9 Å².